The van der Waals surface area contributed by atoms with Crippen LogP contribution in [-0.4, -0.2) is 32.2 Å². The molecule has 0 heterocycles. The maximum Gasteiger partial charge on any atom is 0.236 e. The summed E-state index contributed by atoms with van der Waals surface area (Å²) in [5, 5.41) is 6.08. The Labute approximate surface area is 109 Å². The predicted octanol–water partition coefficient (Wildman–Crippen LogP) is 1.49. The summed E-state index contributed by atoms with van der Waals surface area (Å²) in [4.78, 5) is 11.8. The molecule has 0 spiro atoms. The highest BCUT2D eigenvalue weighted by Crippen LogP contribution is 2.11. The summed E-state index contributed by atoms with van der Waals surface area (Å²) in [7, 11) is 1.62. The van der Waals surface area contributed by atoms with Crippen LogP contribution >= 0.6 is 0 Å². The van der Waals surface area contributed by atoms with Crippen LogP contribution in [0.2, 0.25) is 0 Å². The maximum atomic E-state index is 11.8. The first-order valence-corrected chi connectivity index (χ1v) is 6.22. The highest BCUT2D eigenvalue weighted by atomic mass is 16.5. The van der Waals surface area contributed by atoms with E-state index >= 15 is 0 Å². The first kappa shape index (κ1) is 14.7. The van der Waals surface area contributed by atoms with Gasteiger partial charge in [0.05, 0.1) is 12.6 Å². The van der Waals surface area contributed by atoms with Gasteiger partial charge in [0.15, 0.2) is 0 Å². The number of benzene rings is 1. The molecular weight excluding hydrogens is 228 g/mol. The lowest BCUT2D eigenvalue weighted by Gasteiger charge is -2.19. The van der Waals surface area contributed by atoms with Gasteiger partial charge in [0.25, 0.3) is 0 Å². The number of hydrogen-bond donors (Lipinski definition) is 2. The van der Waals surface area contributed by atoms with Crippen LogP contribution in [0, 0.1) is 0 Å². The van der Waals surface area contributed by atoms with Crippen molar-refractivity contribution in [3.8, 4) is 0 Å². The van der Waals surface area contributed by atoms with Crippen LogP contribution in [0.4, 0.5) is 0 Å². The Morgan fingerprint density at radius 2 is 1.94 bits per heavy atom. The molecule has 0 aliphatic heterocycles. The molecule has 1 amide bonds. The molecule has 0 fully saturated rings. The van der Waals surface area contributed by atoms with Gasteiger partial charge in [-0.15, -0.1) is 0 Å². The number of carbonyl (C=O) groups excluding carboxylic acids is 1. The Balaban J connectivity index is 2.39. The van der Waals surface area contributed by atoms with E-state index in [1.165, 1.54) is 5.56 Å². The quantitative estimate of drug-likeness (QED) is 0.721. The lowest BCUT2D eigenvalue weighted by atomic mass is 10.1. The van der Waals surface area contributed by atoms with Gasteiger partial charge in [0.1, 0.15) is 0 Å². The zero-order chi connectivity index (χ0) is 13.4. The van der Waals surface area contributed by atoms with Crippen molar-refractivity contribution >= 4 is 5.91 Å². The molecule has 0 aliphatic carbocycles. The number of nitrogens with one attached hydrogen (secondary N) is 2. The molecule has 0 aromatic heterocycles. The monoisotopic (exact) mass is 250 g/mol. The third-order valence-corrected chi connectivity index (χ3v) is 2.80. The Morgan fingerprint density at radius 1 is 1.28 bits per heavy atom. The number of rotatable bonds is 7. The first-order valence-electron chi connectivity index (χ1n) is 6.22. The van der Waals surface area contributed by atoms with Crippen LogP contribution in [0.5, 0.6) is 0 Å². The van der Waals surface area contributed by atoms with Gasteiger partial charge >= 0.3 is 0 Å². The number of methoxy groups -OCH3 is 1. The predicted molar refractivity (Wildman–Crippen MR) is 72.3 cm³/mol. The molecule has 2 atom stereocenters. The van der Waals surface area contributed by atoms with Crippen LogP contribution in [-0.2, 0) is 9.53 Å². The summed E-state index contributed by atoms with van der Waals surface area (Å²) < 4.78 is 4.89. The van der Waals surface area contributed by atoms with Crippen molar-refractivity contribution in [2.45, 2.75) is 25.9 Å². The van der Waals surface area contributed by atoms with Gasteiger partial charge in [-0.25, -0.2) is 0 Å². The van der Waals surface area contributed by atoms with E-state index in [9.17, 15) is 4.79 Å². The van der Waals surface area contributed by atoms with Crippen molar-refractivity contribution in [3.63, 3.8) is 0 Å². The normalized spacial score (nSPS) is 13.9. The van der Waals surface area contributed by atoms with Gasteiger partial charge in [-0.1, -0.05) is 30.3 Å². The number of carbonyl (C=O) groups is 1. The van der Waals surface area contributed by atoms with Crippen LogP contribution in [0.1, 0.15) is 25.5 Å². The summed E-state index contributed by atoms with van der Waals surface area (Å²) in [6, 6.07) is 10.00. The average Bonchev–Trinajstić information content (AvgIpc) is 2.39. The van der Waals surface area contributed by atoms with Gasteiger partial charge in [-0.2, -0.15) is 0 Å². The van der Waals surface area contributed by atoms with E-state index in [0.29, 0.717) is 13.2 Å². The van der Waals surface area contributed by atoms with E-state index in [2.05, 4.69) is 10.6 Å². The Bertz CT molecular complexity index is 354. The van der Waals surface area contributed by atoms with Crippen molar-refractivity contribution in [1.29, 1.82) is 0 Å². The minimum Gasteiger partial charge on any atom is -0.383 e. The molecule has 1 unspecified atom stereocenters. The molecule has 18 heavy (non-hydrogen) atoms. The minimum absolute atomic E-state index is 0.00479. The minimum atomic E-state index is -0.225. The van der Waals surface area contributed by atoms with E-state index in [1.807, 2.05) is 44.2 Å². The largest absolute Gasteiger partial charge is 0.383 e. The molecule has 0 saturated heterocycles. The fourth-order valence-electron chi connectivity index (χ4n) is 1.72. The highest BCUT2D eigenvalue weighted by molar-refractivity contribution is 5.81. The topological polar surface area (TPSA) is 50.4 Å². The van der Waals surface area contributed by atoms with Crippen molar-refractivity contribution in [1.82, 2.24) is 10.6 Å². The fraction of sp³-hybridized carbons (Fsp3) is 0.500. The molecule has 0 aliphatic rings. The molecule has 1 aromatic carbocycles. The van der Waals surface area contributed by atoms with Crippen molar-refractivity contribution in [2.75, 3.05) is 20.3 Å². The van der Waals surface area contributed by atoms with Crippen molar-refractivity contribution in [3.05, 3.63) is 35.9 Å². The molecule has 0 radical (unpaired) electrons. The van der Waals surface area contributed by atoms with E-state index in [4.69, 9.17) is 4.74 Å². The summed E-state index contributed by atoms with van der Waals surface area (Å²) in [5.74, 6) is -0.00479. The van der Waals surface area contributed by atoms with Crippen LogP contribution in [0.3, 0.4) is 0 Å². The molecule has 0 bridgehead atoms. The van der Waals surface area contributed by atoms with Crippen LogP contribution in [0.15, 0.2) is 30.3 Å². The van der Waals surface area contributed by atoms with Gasteiger partial charge in [-0.3, -0.25) is 10.1 Å². The second kappa shape index (κ2) is 7.84. The summed E-state index contributed by atoms with van der Waals surface area (Å²) >= 11 is 0. The molecule has 0 saturated carbocycles. The van der Waals surface area contributed by atoms with Crippen molar-refractivity contribution < 1.29 is 9.53 Å². The SMILES string of the molecule is COCCNC(=O)C(C)N[C@H](C)c1ccccc1. The van der Waals surface area contributed by atoms with Gasteiger partial charge < -0.3 is 10.1 Å². The van der Waals surface area contributed by atoms with E-state index < -0.39 is 0 Å². The third kappa shape index (κ3) is 4.85. The van der Waals surface area contributed by atoms with Gasteiger partial charge in [-0.05, 0) is 19.4 Å². The Morgan fingerprint density at radius 3 is 2.56 bits per heavy atom. The van der Waals surface area contributed by atoms with Gasteiger partial charge in [0.2, 0.25) is 5.91 Å². The summed E-state index contributed by atoms with van der Waals surface area (Å²) in [6.07, 6.45) is 0. The van der Waals surface area contributed by atoms with Gasteiger partial charge in [0, 0.05) is 19.7 Å². The molecule has 100 valence electrons. The van der Waals surface area contributed by atoms with Crippen LogP contribution < -0.4 is 10.6 Å². The van der Waals surface area contributed by atoms with E-state index in [0.717, 1.165) is 0 Å². The highest BCUT2D eigenvalue weighted by Gasteiger charge is 2.15. The summed E-state index contributed by atoms with van der Waals surface area (Å²) in [6.45, 7) is 4.99. The summed E-state index contributed by atoms with van der Waals surface area (Å²) in [5.41, 5.74) is 1.18. The standard InChI is InChI=1S/C14H22N2O2/c1-11(13-7-5-4-6-8-13)16-12(2)14(17)15-9-10-18-3/h4-8,11-12,16H,9-10H2,1-3H3,(H,15,17)/t11-,12?/m1/s1. The second-order valence-electron chi connectivity index (χ2n) is 4.30. The Kier molecular flexibility index (Phi) is 6.39. The molecule has 1 aromatic rings. The molecular formula is C14H22N2O2. The smallest absolute Gasteiger partial charge is 0.236 e. The third-order valence-electron chi connectivity index (χ3n) is 2.80. The Hall–Kier alpha value is -1.39. The second-order valence-corrected chi connectivity index (χ2v) is 4.30. The molecule has 4 heteroatoms. The molecule has 1 rings (SSSR count). The van der Waals surface area contributed by atoms with E-state index in [1.54, 1.807) is 7.11 Å². The fourth-order valence-corrected chi connectivity index (χ4v) is 1.72. The average molecular weight is 250 g/mol. The lowest BCUT2D eigenvalue weighted by molar-refractivity contribution is -0.123. The zero-order valence-electron chi connectivity index (χ0n) is 11.3. The zero-order valence-corrected chi connectivity index (χ0v) is 11.3. The van der Waals surface area contributed by atoms with E-state index in [-0.39, 0.29) is 18.0 Å². The molecule has 2 N–H and O–H groups in total. The number of hydrogen-bond acceptors (Lipinski definition) is 3. The maximum absolute atomic E-state index is 11.8. The first-order chi connectivity index (χ1) is 8.65. The number of amides is 1. The molecule has 4 nitrogen and oxygen atoms in total. The van der Waals surface area contributed by atoms with Crippen molar-refractivity contribution in [2.24, 2.45) is 0 Å². The van der Waals surface area contributed by atoms with Crippen LogP contribution in [0.25, 0.3) is 0 Å². The lowest BCUT2D eigenvalue weighted by Crippen LogP contribution is -2.44. The number of ether oxygens (including phenoxy) is 1.